The van der Waals surface area contributed by atoms with Gasteiger partial charge in [-0.1, -0.05) is 0 Å². The number of carboxylic acid groups (broad SMARTS) is 1. The van der Waals surface area contributed by atoms with Crippen molar-refractivity contribution in [2.24, 2.45) is 0 Å². The van der Waals surface area contributed by atoms with Gasteiger partial charge in [-0.3, -0.25) is 4.79 Å². The minimum Gasteiger partial charge on any atom is -0.477 e. The Balaban J connectivity index is 2.26. The van der Waals surface area contributed by atoms with E-state index in [-0.39, 0.29) is 16.9 Å². The number of anilines is 1. The van der Waals surface area contributed by atoms with Crippen LogP contribution >= 0.6 is 0 Å². The maximum atomic E-state index is 13.4. The van der Waals surface area contributed by atoms with E-state index >= 15 is 0 Å². The second-order valence-corrected chi connectivity index (χ2v) is 3.81. The van der Waals surface area contributed by atoms with Crippen LogP contribution in [0.25, 0.3) is 0 Å². The third-order valence-electron chi connectivity index (χ3n) is 2.42. The van der Waals surface area contributed by atoms with E-state index in [4.69, 9.17) is 5.11 Å². The number of hydrogen-bond donors (Lipinski definition) is 2. The summed E-state index contributed by atoms with van der Waals surface area (Å²) < 4.78 is 26.3. The number of amides is 1. The zero-order valence-corrected chi connectivity index (χ0v) is 9.93. The number of carbonyl (C=O) groups excluding carboxylic acids is 1. The van der Waals surface area contributed by atoms with Crippen LogP contribution in [-0.2, 0) is 0 Å². The first-order valence-electron chi connectivity index (χ1n) is 5.43. The fraction of sp³-hybridized carbons (Fsp3) is 0. The Kier molecular flexibility index (Phi) is 3.69. The highest BCUT2D eigenvalue weighted by Gasteiger charge is 2.13. The van der Waals surface area contributed by atoms with Crippen LogP contribution in [0.15, 0.2) is 36.5 Å². The molecule has 1 aromatic heterocycles. The number of hydrogen-bond acceptors (Lipinski definition) is 3. The molecule has 1 aromatic carbocycles. The Labute approximate surface area is 111 Å². The number of carboxylic acids is 1. The van der Waals surface area contributed by atoms with Crippen molar-refractivity contribution >= 4 is 17.6 Å². The minimum atomic E-state index is -1.29. The van der Waals surface area contributed by atoms with Gasteiger partial charge in [0.25, 0.3) is 5.91 Å². The van der Waals surface area contributed by atoms with Crippen LogP contribution in [-0.4, -0.2) is 22.0 Å². The van der Waals surface area contributed by atoms with E-state index in [2.05, 4.69) is 10.3 Å². The number of aromatic carboxylic acids is 1. The third kappa shape index (κ3) is 2.94. The Morgan fingerprint density at radius 3 is 2.60 bits per heavy atom. The van der Waals surface area contributed by atoms with Gasteiger partial charge >= 0.3 is 5.97 Å². The van der Waals surface area contributed by atoms with E-state index in [9.17, 15) is 18.4 Å². The van der Waals surface area contributed by atoms with Crippen LogP contribution in [0, 0.1) is 11.6 Å². The molecule has 0 fully saturated rings. The van der Waals surface area contributed by atoms with E-state index in [1.54, 1.807) is 0 Å². The van der Waals surface area contributed by atoms with E-state index in [1.165, 1.54) is 6.07 Å². The summed E-state index contributed by atoms with van der Waals surface area (Å²) in [6.07, 6.45) is 1.14. The van der Waals surface area contributed by atoms with Gasteiger partial charge in [0.2, 0.25) is 0 Å². The molecule has 2 aromatic rings. The van der Waals surface area contributed by atoms with Crippen LogP contribution in [0.3, 0.4) is 0 Å². The first kappa shape index (κ1) is 13.6. The van der Waals surface area contributed by atoms with Crippen LogP contribution < -0.4 is 5.32 Å². The van der Waals surface area contributed by atoms with E-state index < -0.39 is 23.5 Å². The highest BCUT2D eigenvalue weighted by atomic mass is 19.1. The van der Waals surface area contributed by atoms with Crippen LogP contribution in [0.4, 0.5) is 14.5 Å². The minimum absolute atomic E-state index is 0.0268. The predicted octanol–water partition coefficient (Wildman–Crippen LogP) is 2.31. The fourth-order valence-electron chi connectivity index (χ4n) is 1.48. The lowest BCUT2D eigenvalue weighted by atomic mass is 10.2. The molecule has 20 heavy (non-hydrogen) atoms. The fourth-order valence-corrected chi connectivity index (χ4v) is 1.48. The maximum Gasteiger partial charge on any atom is 0.354 e. The lowest BCUT2D eigenvalue weighted by Crippen LogP contribution is -2.14. The lowest BCUT2D eigenvalue weighted by Gasteiger charge is -2.06. The molecular formula is C13H8F2N2O3. The molecule has 102 valence electrons. The molecule has 1 amide bonds. The molecule has 2 N–H and O–H groups in total. The molecule has 0 aliphatic carbocycles. The number of aromatic nitrogens is 1. The number of benzene rings is 1. The monoisotopic (exact) mass is 278 g/mol. The molecule has 0 saturated heterocycles. The summed E-state index contributed by atoms with van der Waals surface area (Å²) in [5.74, 6) is -3.56. The van der Waals surface area contributed by atoms with Gasteiger partial charge in [-0.15, -0.1) is 0 Å². The van der Waals surface area contributed by atoms with Crippen molar-refractivity contribution in [3.63, 3.8) is 0 Å². The van der Waals surface area contributed by atoms with Crippen LogP contribution in [0.2, 0.25) is 0 Å². The van der Waals surface area contributed by atoms with Gasteiger partial charge in [-0.2, -0.15) is 0 Å². The zero-order valence-electron chi connectivity index (χ0n) is 9.93. The summed E-state index contributed by atoms with van der Waals surface area (Å²) in [5.41, 5.74) is -0.679. The quantitative estimate of drug-likeness (QED) is 0.903. The second-order valence-electron chi connectivity index (χ2n) is 3.81. The number of nitrogens with zero attached hydrogens (tertiary/aromatic N) is 1. The molecule has 0 bridgehead atoms. The van der Waals surface area contributed by atoms with Crippen molar-refractivity contribution in [1.29, 1.82) is 0 Å². The largest absolute Gasteiger partial charge is 0.477 e. The van der Waals surface area contributed by atoms with Gasteiger partial charge in [0.1, 0.15) is 17.3 Å². The molecule has 1 heterocycles. The summed E-state index contributed by atoms with van der Waals surface area (Å²) in [5, 5.41) is 10.9. The van der Waals surface area contributed by atoms with E-state index in [0.717, 1.165) is 30.5 Å². The first-order valence-corrected chi connectivity index (χ1v) is 5.43. The van der Waals surface area contributed by atoms with Crippen molar-refractivity contribution in [2.45, 2.75) is 0 Å². The topological polar surface area (TPSA) is 79.3 Å². The van der Waals surface area contributed by atoms with Gasteiger partial charge in [0.15, 0.2) is 0 Å². The number of nitrogens with one attached hydrogen (secondary N) is 1. The summed E-state index contributed by atoms with van der Waals surface area (Å²) >= 11 is 0. The number of carbonyl (C=O) groups is 2. The maximum absolute atomic E-state index is 13.4. The van der Waals surface area contributed by atoms with Gasteiger partial charge in [0, 0.05) is 17.8 Å². The van der Waals surface area contributed by atoms with Gasteiger partial charge < -0.3 is 10.4 Å². The number of halogens is 2. The molecule has 0 aliphatic rings. The van der Waals surface area contributed by atoms with Crippen molar-refractivity contribution in [3.8, 4) is 0 Å². The molecular weight excluding hydrogens is 270 g/mol. The van der Waals surface area contributed by atoms with Gasteiger partial charge in [0.05, 0.1) is 5.69 Å². The van der Waals surface area contributed by atoms with E-state index in [0.29, 0.717) is 0 Å². The highest BCUT2D eigenvalue weighted by Crippen LogP contribution is 2.16. The number of pyridine rings is 1. The average Bonchev–Trinajstić information content (AvgIpc) is 2.43. The standard InChI is InChI=1S/C13H8F2N2O3/c14-8-1-2-9(15)10(6-8)17-12(18)7-3-4-16-11(5-7)13(19)20/h1-6H,(H,17,18)(H,19,20). The summed E-state index contributed by atoms with van der Waals surface area (Å²) in [4.78, 5) is 26.1. The second kappa shape index (κ2) is 5.43. The van der Waals surface area contributed by atoms with Crippen molar-refractivity contribution in [2.75, 3.05) is 5.32 Å². The molecule has 2 rings (SSSR count). The van der Waals surface area contributed by atoms with Crippen molar-refractivity contribution in [1.82, 2.24) is 4.98 Å². The van der Waals surface area contributed by atoms with Crippen molar-refractivity contribution in [3.05, 3.63) is 59.4 Å². The lowest BCUT2D eigenvalue weighted by molar-refractivity contribution is 0.0690. The normalized spacial score (nSPS) is 10.1. The molecule has 0 atom stereocenters. The molecule has 0 saturated carbocycles. The molecule has 0 aliphatic heterocycles. The Hall–Kier alpha value is -2.83. The smallest absolute Gasteiger partial charge is 0.354 e. The molecule has 0 radical (unpaired) electrons. The SMILES string of the molecule is O=C(Nc1cc(F)ccc1F)c1ccnc(C(=O)O)c1. The van der Waals surface area contributed by atoms with Gasteiger partial charge in [-0.25, -0.2) is 18.6 Å². The zero-order chi connectivity index (χ0) is 14.7. The summed E-state index contributed by atoms with van der Waals surface area (Å²) in [6, 6.07) is 4.92. The van der Waals surface area contributed by atoms with Crippen LogP contribution in [0.5, 0.6) is 0 Å². The predicted molar refractivity (Wildman–Crippen MR) is 65.5 cm³/mol. The van der Waals surface area contributed by atoms with Crippen LogP contribution in [0.1, 0.15) is 20.8 Å². The third-order valence-corrected chi connectivity index (χ3v) is 2.42. The molecule has 0 unspecified atom stereocenters. The summed E-state index contributed by atoms with van der Waals surface area (Å²) in [7, 11) is 0. The average molecular weight is 278 g/mol. The first-order chi connectivity index (χ1) is 9.47. The Bertz CT molecular complexity index is 689. The van der Waals surface area contributed by atoms with Crippen molar-refractivity contribution < 1.29 is 23.5 Å². The highest BCUT2D eigenvalue weighted by molar-refractivity contribution is 6.05. The number of rotatable bonds is 3. The van der Waals surface area contributed by atoms with E-state index in [1.807, 2.05) is 0 Å². The molecule has 0 spiro atoms. The Morgan fingerprint density at radius 1 is 1.15 bits per heavy atom. The summed E-state index contributed by atoms with van der Waals surface area (Å²) in [6.45, 7) is 0. The molecule has 5 nitrogen and oxygen atoms in total. The molecule has 7 heteroatoms. The van der Waals surface area contributed by atoms with Gasteiger partial charge in [-0.05, 0) is 24.3 Å². The Morgan fingerprint density at radius 2 is 1.90 bits per heavy atom.